The summed E-state index contributed by atoms with van der Waals surface area (Å²) in [5, 5.41) is 0. The maximum Gasteiger partial charge on any atom is 0.151 e. The fraction of sp³-hybridized carbons (Fsp3) is 0.417. The molecule has 0 aliphatic heterocycles. The van der Waals surface area contributed by atoms with Gasteiger partial charge >= 0.3 is 0 Å². The van der Waals surface area contributed by atoms with E-state index in [4.69, 9.17) is 0 Å². The lowest BCUT2D eigenvalue weighted by atomic mass is 10.2. The van der Waals surface area contributed by atoms with Crippen molar-refractivity contribution >= 4 is 11.5 Å². The summed E-state index contributed by atoms with van der Waals surface area (Å²) in [5.41, 5.74) is 2.32. The van der Waals surface area contributed by atoms with E-state index in [1.54, 1.807) is 0 Å². The van der Waals surface area contributed by atoms with Crippen molar-refractivity contribution in [1.29, 1.82) is 0 Å². The van der Waals surface area contributed by atoms with Crippen molar-refractivity contribution in [2.75, 3.05) is 18.5 Å². The number of carbonyl (C=O) groups excluding carboxylic acids is 1. The smallest absolute Gasteiger partial charge is 0.151 e. The molecule has 0 radical (unpaired) electrons. The fourth-order valence-electron chi connectivity index (χ4n) is 1.33. The summed E-state index contributed by atoms with van der Waals surface area (Å²) in [6, 6.07) is 8.18. The maximum absolute atomic E-state index is 11.2. The number of likely N-dealkylation sites (N-methyl/N-ethyl adjacent to an activating group) is 1. The number of aryl methyl sites for hydroxylation is 1. The highest BCUT2D eigenvalue weighted by Gasteiger charge is 2.04. The van der Waals surface area contributed by atoms with Crippen LogP contribution in [0.15, 0.2) is 24.3 Å². The number of ketones is 1. The molecule has 0 N–H and O–H groups in total. The van der Waals surface area contributed by atoms with Crippen LogP contribution in [-0.2, 0) is 4.79 Å². The SMILES string of the molecule is CCC(=O)CN(C)c1cccc(C)c1. The zero-order chi connectivity index (χ0) is 10.6. The van der Waals surface area contributed by atoms with Gasteiger partial charge in [0.1, 0.15) is 0 Å². The van der Waals surface area contributed by atoms with Crippen molar-refractivity contribution in [2.45, 2.75) is 20.3 Å². The molecule has 0 aromatic heterocycles. The number of carbonyl (C=O) groups is 1. The molecule has 0 saturated heterocycles. The van der Waals surface area contributed by atoms with Crippen molar-refractivity contribution in [3.63, 3.8) is 0 Å². The molecule has 0 bridgehead atoms. The van der Waals surface area contributed by atoms with Gasteiger partial charge in [-0.15, -0.1) is 0 Å². The topological polar surface area (TPSA) is 20.3 Å². The van der Waals surface area contributed by atoms with Gasteiger partial charge in [0, 0.05) is 19.2 Å². The highest BCUT2D eigenvalue weighted by atomic mass is 16.1. The first-order valence-electron chi connectivity index (χ1n) is 4.93. The summed E-state index contributed by atoms with van der Waals surface area (Å²) in [5.74, 6) is 0.272. The van der Waals surface area contributed by atoms with E-state index < -0.39 is 0 Å². The van der Waals surface area contributed by atoms with Crippen LogP contribution in [0.25, 0.3) is 0 Å². The van der Waals surface area contributed by atoms with Gasteiger partial charge in [0.25, 0.3) is 0 Å². The number of anilines is 1. The first-order valence-corrected chi connectivity index (χ1v) is 4.93. The lowest BCUT2D eigenvalue weighted by Gasteiger charge is -2.18. The van der Waals surface area contributed by atoms with Gasteiger partial charge in [-0.05, 0) is 24.6 Å². The van der Waals surface area contributed by atoms with Gasteiger partial charge in [0.05, 0.1) is 6.54 Å². The number of hydrogen-bond donors (Lipinski definition) is 0. The van der Waals surface area contributed by atoms with Crippen LogP contribution in [0, 0.1) is 6.92 Å². The molecule has 0 fully saturated rings. The Morgan fingerprint density at radius 2 is 2.14 bits per heavy atom. The fourth-order valence-corrected chi connectivity index (χ4v) is 1.33. The normalized spacial score (nSPS) is 9.93. The molecule has 1 rings (SSSR count). The van der Waals surface area contributed by atoms with Crippen LogP contribution in [0.3, 0.4) is 0 Å². The van der Waals surface area contributed by atoms with Crippen molar-refractivity contribution in [3.05, 3.63) is 29.8 Å². The quantitative estimate of drug-likeness (QED) is 0.728. The van der Waals surface area contributed by atoms with Gasteiger partial charge in [0.15, 0.2) is 5.78 Å². The van der Waals surface area contributed by atoms with Gasteiger partial charge in [-0.2, -0.15) is 0 Å². The Hall–Kier alpha value is -1.31. The van der Waals surface area contributed by atoms with Gasteiger partial charge in [-0.1, -0.05) is 19.1 Å². The van der Waals surface area contributed by atoms with Crippen molar-refractivity contribution < 1.29 is 4.79 Å². The van der Waals surface area contributed by atoms with Crippen LogP contribution in [0.2, 0.25) is 0 Å². The average molecular weight is 191 g/mol. The minimum absolute atomic E-state index is 0.272. The zero-order valence-electron chi connectivity index (χ0n) is 9.08. The molecule has 1 aromatic carbocycles. The molecule has 0 saturated carbocycles. The summed E-state index contributed by atoms with van der Waals surface area (Å²) in [4.78, 5) is 13.2. The van der Waals surface area contributed by atoms with E-state index in [0.717, 1.165) is 5.69 Å². The molecule has 0 unspecified atom stereocenters. The second-order valence-corrected chi connectivity index (χ2v) is 3.59. The molecule has 2 heteroatoms. The first-order chi connectivity index (χ1) is 6.63. The summed E-state index contributed by atoms with van der Waals surface area (Å²) in [7, 11) is 1.95. The van der Waals surface area contributed by atoms with E-state index in [9.17, 15) is 4.79 Å². The van der Waals surface area contributed by atoms with Crippen LogP contribution in [0.5, 0.6) is 0 Å². The molecule has 0 heterocycles. The summed E-state index contributed by atoms with van der Waals surface area (Å²) >= 11 is 0. The summed E-state index contributed by atoms with van der Waals surface area (Å²) in [6.45, 7) is 4.45. The molecule has 2 nitrogen and oxygen atoms in total. The minimum atomic E-state index is 0.272. The lowest BCUT2D eigenvalue weighted by Crippen LogP contribution is -2.24. The minimum Gasteiger partial charge on any atom is -0.367 e. The van der Waals surface area contributed by atoms with Gasteiger partial charge < -0.3 is 4.90 Å². The third-order valence-electron chi connectivity index (χ3n) is 2.25. The Morgan fingerprint density at radius 3 is 2.71 bits per heavy atom. The Morgan fingerprint density at radius 1 is 1.43 bits per heavy atom. The second-order valence-electron chi connectivity index (χ2n) is 3.59. The molecule has 0 aliphatic rings. The van der Waals surface area contributed by atoms with Crippen molar-refractivity contribution in [1.82, 2.24) is 0 Å². The molecule has 1 aromatic rings. The predicted molar refractivity (Wildman–Crippen MR) is 59.7 cm³/mol. The molecule has 0 atom stereocenters. The third-order valence-corrected chi connectivity index (χ3v) is 2.25. The largest absolute Gasteiger partial charge is 0.367 e. The number of rotatable bonds is 4. The third kappa shape index (κ3) is 2.87. The summed E-state index contributed by atoms with van der Waals surface area (Å²) in [6.07, 6.45) is 0.607. The average Bonchev–Trinajstić information content (AvgIpc) is 2.17. The Kier molecular flexibility index (Phi) is 3.69. The lowest BCUT2D eigenvalue weighted by molar-refractivity contribution is -0.117. The van der Waals surface area contributed by atoms with Crippen LogP contribution < -0.4 is 4.90 Å². The van der Waals surface area contributed by atoms with Gasteiger partial charge in [0.2, 0.25) is 0 Å². The highest BCUT2D eigenvalue weighted by Crippen LogP contribution is 2.13. The number of Topliss-reactive ketones (excluding diaryl/α,β-unsaturated/α-hetero) is 1. The highest BCUT2D eigenvalue weighted by molar-refractivity contribution is 5.83. The first kappa shape index (κ1) is 10.8. The van der Waals surface area contributed by atoms with Crippen molar-refractivity contribution in [2.24, 2.45) is 0 Å². The summed E-state index contributed by atoms with van der Waals surface area (Å²) < 4.78 is 0. The molecule has 0 spiro atoms. The predicted octanol–water partition coefficient (Wildman–Crippen LogP) is 2.41. The molecular weight excluding hydrogens is 174 g/mol. The maximum atomic E-state index is 11.2. The van der Waals surface area contributed by atoms with Crippen LogP contribution >= 0.6 is 0 Å². The standard InChI is InChI=1S/C12H17NO/c1-4-12(14)9-13(3)11-7-5-6-10(2)8-11/h5-8H,4,9H2,1-3H3. The van der Waals surface area contributed by atoms with Gasteiger partial charge in [-0.3, -0.25) is 4.79 Å². The molecule has 14 heavy (non-hydrogen) atoms. The molecule has 76 valence electrons. The zero-order valence-corrected chi connectivity index (χ0v) is 9.08. The van der Waals surface area contributed by atoms with E-state index in [1.807, 2.05) is 31.0 Å². The number of hydrogen-bond acceptors (Lipinski definition) is 2. The molecule has 0 amide bonds. The second kappa shape index (κ2) is 4.80. The van der Waals surface area contributed by atoms with Crippen LogP contribution in [0.4, 0.5) is 5.69 Å². The van der Waals surface area contributed by atoms with E-state index in [-0.39, 0.29) is 5.78 Å². The van der Waals surface area contributed by atoms with Crippen LogP contribution in [-0.4, -0.2) is 19.4 Å². The molecular formula is C12H17NO. The van der Waals surface area contributed by atoms with E-state index in [1.165, 1.54) is 5.56 Å². The Balaban J connectivity index is 2.69. The monoisotopic (exact) mass is 191 g/mol. The van der Waals surface area contributed by atoms with Crippen molar-refractivity contribution in [3.8, 4) is 0 Å². The van der Waals surface area contributed by atoms with E-state index >= 15 is 0 Å². The number of nitrogens with zero attached hydrogens (tertiary/aromatic N) is 1. The van der Waals surface area contributed by atoms with Gasteiger partial charge in [-0.25, -0.2) is 0 Å². The van der Waals surface area contributed by atoms with E-state index in [0.29, 0.717) is 13.0 Å². The number of benzene rings is 1. The van der Waals surface area contributed by atoms with E-state index in [2.05, 4.69) is 19.1 Å². The molecule has 0 aliphatic carbocycles. The Bertz CT molecular complexity index is 320. The Labute approximate surface area is 85.5 Å². The van der Waals surface area contributed by atoms with Crippen LogP contribution in [0.1, 0.15) is 18.9 Å².